The van der Waals surface area contributed by atoms with E-state index in [0.29, 0.717) is 6.54 Å². The van der Waals surface area contributed by atoms with Crippen LogP contribution in [0.15, 0.2) is 43.0 Å². The summed E-state index contributed by atoms with van der Waals surface area (Å²) >= 11 is 0. The van der Waals surface area contributed by atoms with Crippen LogP contribution in [0.5, 0.6) is 0 Å². The summed E-state index contributed by atoms with van der Waals surface area (Å²) in [5, 5.41) is 2.79. The molecule has 2 amide bonds. The van der Waals surface area contributed by atoms with Crippen molar-refractivity contribution in [3.63, 3.8) is 0 Å². The number of amides is 2. The molecule has 0 unspecified atom stereocenters. The standard InChI is InChI=1S/C14H20N2O/c1-3-11-15-14(17)16(4-2)12-10-13-8-6-5-7-9-13/h3,5-9H,1,4,10-12H2,2H3,(H,15,17). The SMILES string of the molecule is C=CCNC(=O)N(CC)CCc1ccccc1. The zero-order valence-electron chi connectivity index (χ0n) is 10.4. The molecule has 1 aromatic carbocycles. The molecule has 0 aliphatic rings. The van der Waals surface area contributed by atoms with E-state index >= 15 is 0 Å². The first-order chi connectivity index (χ1) is 8.27. The predicted octanol–water partition coefficient (Wildman–Crippen LogP) is 2.45. The molecule has 0 bridgehead atoms. The highest BCUT2D eigenvalue weighted by Crippen LogP contribution is 2.01. The molecule has 0 heterocycles. The van der Waals surface area contributed by atoms with Crippen molar-refractivity contribution in [2.75, 3.05) is 19.6 Å². The molecule has 0 aromatic heterocycles. The fraction of sp³-hybridized carbons (Fsp3) is 0.357. The average Bonchev–Trinajstić information content (AvgIpc) is 2.38. The number of carbonyl (C=O) groups excluding carboxylic acids is 1. The summed E-state index contributed by atoms with van der Waals surface area (Å²) in [6.07, 6.45) is 2.57. The van der Waals surface area contributed by atoms with Crippen LogP contribution in [-0.2, 0) is 6.42 Å². The van der Waals surface area contributed by atoms with Gasteiger partial charge in [-0.2, -0.15) is 0 Å². The average molecular weight is 232 g/mol. The van der Waals surface area contributed by atoms with Gasteiger partial charge in [0.25, 0.3) is 0 Å². The third-order valence-electron chi connectivity index (χ3n) is 2.58. The van der Waals surface area contributed by atoms with E-state index in [2.05, 4.69) is 24.0 Å². The molecular weight excluding hydrogens is 212 g/mol. The Morgan fingerprint density at radius 2 is 2.12 bits per heavy atom. The van der Waals surface area contributed by atoms with Gasteiger partial charge in [0.2, 0.25) is 0 Å². The fourth-order valence-electron chi connectivity index (χ4n) is 1.58. The maximum absolute atomic E-state index is 11.7. The quantitative estimate of drug-likeness (QED) is 0.751. The third kappa shape index (κ3) is 4.72. The molecule has 0 saturated carbocycles. The van der Waals surface area contributed by atoms with E-state index in [0.717, 1.165) is 19.5 Å². The number of nitrogens with zero attached hydrogens (tertiary/aromatic N) is 1. The molecule has 92 valence electrons. The Morgan fingerprint density at radius 1 is 1.41 bits per heavy atom. The Balaban J connectivity index is 2.41. The number of urea groups is 1. The van der Waals surface area contributed by atoms with Crippen LogP contribution >= 0.6 is 0 Å². The minimum absolute atomic E-state index is 0.0247. The number of benzene rings is 1. The highest BCUT2D eigenvalue weighted by molar-refractivity contribution is 5.74. The summed E-state index contributed by atoms with van der Waals surface area (Å²) < 4.78 is 0. The van der Waals surface area contributed by atoms with Crippen LogP contribution in [0.2, 0.25) is 0 Å². The number of carbonyl (C=O) groups is 1. The van der Waals surface area contributed by atoms with E-state index in [9.17, 15) is 4.79 Å². The molecule has 1 N–H and O–H groups in total. The lowest BCUT2D eigenvalue weighted by atomic mass is 10.1. The predicted molar refractivity (Wildman–Crippen MR) is 71.0 cm³/mol. The number of likely N-dealkylation sites (N-methyl/N-ethyl adjacent to an activating group) is 1. The Labute approximate surface area is 103 Å². The summed E-state index contributed by atoms with van der Waals surface area (Å²) in [6, 6.07) is 10.2. The molecule has 0 aliphatic carbocycles. The summed E-state index contributed by atoms with van der Waals surface area (Å²) in [5.74, 6) is 0. The van der Waals surface area contributed by atoms with E-state index in [1.807, 2.05) is 25.1 Å². The Bertz CT molecular complexity index is 348. The van der Waals surface area contributed by atoms with Gasteiger partial charge in [-0.25, -0.2) is 4.79 Å². The minimum Gasteiger partial charge on any atom is -0.335 e. The highest BCUT2D eigenvalue weighted by atomic mass is 16.2. The monoisotopic (exact) mass is 232 g/mol. The number of hydrogen-bond acceptors (Lipinski definition) is 1. The van der Waals surface area contributed by atoms with Crippen molar-refractivity contribution in [1.82, 2.24) is 10.2 Å². The van der Waals surface area contributed by atoms with Crippen molar-refractivity contribution in [2.24, 2.45) is 0 Å². The van der Waals surface area contributed by atoms with Crippen molar-refractivity contribution in [3.8, 4) is 0 Å². The van der Waals surface area contributed by atoms with E-state index in [4.69, 9.17) is 0 Å². The van der Waals surface area contributed by atoms with Crippen LogP contribution in [0.4, 0.5) is 4.79 Å². The second-order valence-electron chi connectivity index (χ2n) is 3.79. The van der Waals surface area contributed by atoms with Crippen molar-refractivity contribution in [3.05, 3.63) is 48.6 Å². The van der Waals surface area contributed by atoms with Gasteiger partial charge < -0.3 is 10.2 Å². The normalized spacial score (nSPS) is 9.71. The second-order valence-corrected chi connectivity index (χ2v) is 3.79. The Hall–Kier alpha value is -1.77. The number of nitrogens with one attached hydrogen (secondary N) is 1. The molecule has 17 heavy (non-hydrogen) atoms. The summed E-state index contributed by atoms with van der Waals surface area (Å²) in [5.41, 5.74) is 1.25. The second kappa shape index (κ2) is 7.49. The lowest BCUT2D eigenvalue weighted by Gasteiger charge is -2.21. The molecule has 0 spiro atoms. The van der Waals surface area contributed by atoms with Crippen LogP contribution < -0.4 is 5.32 Å². The molecule has 1 rings (SSSR count). The summed E-state index contributed by atoms with van der Waals surface area (Å²) in [4.78, 5) is 13.5. The van der Waals surface area contributed by atoms with Gasteiger partial charge in [0.1, 0.15) is 0 Å². The first-order valence-electron chi connectivity index (χ1n) is 5.95. The smallest absolute Gasteiger partial charge is 0.317 e. The largest absolute Gasteiger partial charge is 0.335 e. The Kier molecular flexibility index (Phi) is 5.86. The first-order valence-corrected chi connectivity index (χ1v) is 5.95. The third-order valence-corrected chi connectivity index (χ3v) is 2.58. The molecular formula is C14H20N2O. The van der Waals surface area contributed by atoms with Crippen LogP contribution in [0.1, 0.15) is 12.5 Å². The molecule has 1 aromatic rings. The van der Waals surface area contributed by atoms with Crippen LogP contribution in [-0.4, -0.2) is 30.6 Å². The van der Waals surface area contributed by atoms with Crippen LogP contribution in [0.3, 0.4) is 0 Å². The van der Waals surface area contributed by atoms with Gasteiger partial charge in [-0.3, -0.25) is 0 Å². The molecule has 0 aliphatic heterocycles. The van der Waals surface area contributed by atoms with Gasteiger partial charge in [0.15, 0.2) is 0 Å². The summed E-state index contributed by atoms with van der Waals surface area (Å²) in [7, 11) is 0. The van der Waals surface area contributed by atoms with Crippen molar-refractivity contribution < 1.29 is 4.79 Å². The maximum Gasteiger partial charge on any atom is 0.317 e. The fourth-order valence-corrected chi connectivity index (χ4v) is 1.58. The van der Waals surface area contributed by atoms with Crippen LogP contribution in [0, 0.1) is 0 Å². The van der Waals surface area contributed by atoms with E-state index < -0.39 is 0 Å². The van der Waals surface area contributed by atoms with Crippen LogP contribution in [0.25, 0.3) is 0 Å². The van der Waals surface area contributed by atoms with Gasteiger partial charge in [0.05, 0.1) is 0 Å². The molecule has 0 saturated heterocycles. The summed E-state index contributed by atoms with van der Waals surface area (Å²) in [6.45, 7) is 7.53. The van der Waals surface area contributed by atoms with Gasteiger partial charge >= 0.3 is 6.03 Å². The minimum atomic E-state index is -0.0247. The van der Waals surface area contributed by atoms with Gasteiger partial charge in [-0.1, -0.05) is 36.4 Å². The maximum atomic E-state index is 11.7. The molecule has 3 nitrogen and oxygen atoms in total. The molecule has 0 fully saturated rings. The zero-order chi connectivity index (χ0) is 12.5. The number of hydrogen-bond donors (Lipinski definition) is 1. The van der Waals surface area contributed by atoms with E-state index in [1.54, 1.807) is 11.0 Å². The van der Waals surface area contributed by atoms with Gasteiger partial charge in [-0.05, 0) is 18.9 Å². The van der Waals surface area contributed by atoms with E-state index in [-0.39, 0.29) is 6.03 Å². The lowest BCUT2D eigenvalue weighted by Crippen LogP contribution is -2.40. The van der Waals surface area contributed by atoms with Crippen molar-refractivity contribution in [2.45, 2.75) is 13.3 Å². The zero-order valence-corrected chi connectivity index (χ0v) is 10.4. The topological polar surface area (TPSA) is 32.3 Å². The number of rotatable bonds is 6. The Morgan fingerprint density at radius 3 is 2.71 bits per heavy atom. The molecule has 0 atom stereocenters. The van der Waals surface area contributed by atoms with E-state index in [1.165, 1.54) is 5.56 Å². The molecule has 0 radical (unpaired) electrons. The van der Waals surface area contributed by atoms with Crippen molar-refractivity contribution >= 4 is 6.03 Å². The van der Waals surface area contributed by atoms with Crippen molar-refractivity contribution in [1.29, 1.82) is 0 Å². The van der Waals surface area contributed by atoms with Gasteiger partial charge in [-0.15, -0.1) is 6.58 Å². The highest BCUT2D eigenvalue weighted by Gasteiger charge is 2.09. The molecule has 3 heteroatoms. The first kappa shape index (κ1) is 13.3. The van der Waals surface area contributed by atoms with Gasteiger partial charge in [0, 0.05) is 19.6 Å². The lowest BCUT2D eigenvalue weighted by molar-refractivity contribution is 0.202.